The molecule has 0 spiro atoms. The first-order valence-corrected chi connectivity index (χ1v) is 9.72. The van der Waals surface area contributed by atoms with Crippen LogP contribution in [-0.2, 0) is 6.42 Å². The van der Waals surface area contributed by atoms with Gasteiger partial charge in [-0.25, -0.2) is 4.98 Å². The van der Waals surface area contributed by atoms with E-state index in [1.807, 2.05) is 17.0 Å². The van der Waals surface area contributed by atoms with E-state index >= 15 is 0 Å². The monoisotopic (exact) mass is 349 g/mol. The average Bonchev–Trinajstić information content (AvgIpc) is 2.66. The van der Waals surface area contributed by atoms with Gasteiger partial charge in [0, 0.05) is 31.5 Å². The smallest absolute Gasteiger partial charge is 0.255 e. The molecule has 1 aromatic carbocycles. The summed E-state index contributed by atoms with van der Waals surface area (Å²) in [7, 11) is 0. The van der Waals surface area contributed by atoms with Gasteiger partial charge < -0.3 is 9.80 Å². The van der Waals surface area contributed by atoms with Gasteiger partial charge in [0.15, 0.2) is 0 Å². The number of anilines is 2. The predicted molar refractivity (Wildman–Crippen MR) is 105 cm³/mol. The van der Waals surface area contributed by atoms with Crippen LogP contribution in [0, 0.1) is 11.8 Å². The fourth-order valence-corrected chi connectivity index (χ4v) is 4.46. The van der Waals surface area contributed by atoms with Crippen LogP contribution in [0.3, 0.4) is 0 Å². The minimum Gasteiger partial charge on any atom is -0.338 e. The SMILES string of the molecule is CC1CC(C)CN(C(=O)c2ccc(N3CCCc4ccccc43)nc2)C1. The number of para-hydroxylation sites is 1. The van der Waals surface area contributed by atoms with E-state index in [4.69, 9.17) is 0 Å². The molecule has 4 rings (SSSR count). The lowest BCUT2D eigenvalue weighted by atomic mass is 9.91. The molecule has 4 nitrogen and oxygen atoms in total. The van der Waals surface area contributed by atoms with Gasteiger partial charge in [-0.15, -0.1) is 0 Å². The summed E-state index contributed by atoms with van der Waals surface area (Å²) in [5.74, 6) is 2.18. The molecule has 1 aromatic heterocycles. The quantitative estimate of drug-likeness (QED) is 0.812. The molecular weight excluding hydrogens is 322 g/mol. The van der Waals surface area contributed by atoms with Crippen LogP contribution in [-0.4, -0.2) is 35.4 Å². The van der Waals surface area contributed by atoms with Crippen molar-refractivity contribution in [2.45, 2.75) is 33.1 Å². The number of piperidine rings is 1. The Morgan fingerprint density at radius 3 is 2.58 bits per heavy atom. The third-order valence-corrected chi connectivity index (χ3v) is 5.54. The number of pyridine rings is 1. The molecule has 26 heavy (non-hydrogen) atoms. The van der Waals surface area contributed by atoms with Crippen molar-refractivity contribution in [3.63, 3.8) is 0 Å². The van der Waals surface area contributed by atoms with Crippen molar-refractivity contribution in [3.05, 3.63) is 53.7 Å². The number of nitrogens with zero attached hydrogens (tertiary/aromatic N) is 3. The van der Waals surface area contributed by atoms with Crippen LogP contribution in [0.4, 0.5) is 11.5 Å². The summed E-state index contributed by atoms with van der Waals surface area (Å²) in [6, 6.07) is 12.5. The largest absolute Gasteiger partial charge is 0.338 e. The molecule has 0 radical (unpaired) electrons. The highest BCUT2D eigenvalue weighted by Crippen LogP contribution is 2.32. The standard InChI is InChI=1S/C22H27N3O/c1-16-12-17(2)15-24(14-16)22(26)19-9-10-21(23-13-19)25-11-5-7-18-6-3-4-8-20(18)25/h3-4,6,8-10,13,16-17H,5,7,11-12,14-15H2,1-2H3. The van der Waals surface area contributed by atoms with Crippen LogP contribution in [0.2, 0.25) is 0 Å². The van der Waals surface area contributed by atoms with Gasteiger partial charge in [0.05, 0.1) is 5.56 Å². The van der Waals surface area contributed by atoms with Crippen LogP contribution >= 0.6 is 0 Å². The zero-order chi connectivity index (χ0) is 18.1. The maximum Gasteiger partial charge on any atom is 0.255 e. The molecule has 2 unspecified atom stereocenters. The number of benzene rings is 1. The van der Waals surface area contributed by atoms with Crippen molar-refractivity contribution in [1.82, 2.24) is 9.88 Å². The first kappa shape index (κ1) is 17.1. The first-order valence-electron chi connectivity index (χ1n) is 9.72. The van der Waals surface area contributed by atoms with Gasteiger partial charge in [-0.2, -0.15) is 0 Å². The Bertz CT molecular complexity index is 776. The molecule has 0 bridgehead atoms. The third-order valence-electron chi connectivity index (χ3n) is 5.54. The molecule has 2 aliphatic rings. The summed E-state index contributed by atoms with van der Waals surface area (Å²) in [5.41, 5.74) is 3.31. The average molecular weight is 349 g/mol. The summed E-state index contributed by atoms with van der Waals surface area (Å²) in [4.78, 5) is 21.7. The summed E-state index contributed by atoms with van der Waals surface area (Å²) in [6.45, 7) is 7.13. The molecule has 1 amide bonds. The second-order valence-electron chi connectivity index (χ2n) is 7.95. The molecule has 2 aliphatic heterocycles. The Balaban J connectivity index is 1.53. The molecule has 0 aliphatic carbocycles. The van der Waals surface area contributed by atoms with Gasteiger partial charge in [0.2, 0.25) is 0 Å². The van der Waals surface area contributed by atoms with Gasteiger partial charge >= 0.3 is 0 Å². The van der Waals surface area contributed by atoms with Crippen molar-refractivity contribution in [1.29, 1.82) is 0 Å². The lowest BCUT2D eigenvalue weighted by Gasteiger charge is -2.35. The highest BCUT2D eigenvalue weighted by Gasteiger charge is 2.26. The lowest BCUT2D eigenvalue weighted by molar-refractivity contribution is 0.0622. The van der Waals surface area contributed by atoms with Crippen molar-refractivity contribution in [3.8, 4) is 0 Å². The van der Waals surface area contributed by atoms with Crippen LogP contribution < -0.4 is 4.90 Å². The Morgan fingerprint density at radius 1 is 1.08 bits per heavy atom. The number of carbonyl (C=O) groups is 1. The topological polar surface area (TPSA) is 36.4 Å². The van der Waals surface area contributed by atoms with Crippen molar-refractivity contribution in [2.75, 3.05) is 24.5 Å². The molecule has 1 fully saturated rings. The van der Waals surface area contributed by atoms with E-state index in [9.17, 15) is 4.79 Å². The minimum absolute atomic E-state index is 0.112. The van der Waals surface area contributed by atoms with Crippen molar-refractivity contribution in [2.24, 2.45) is 11.8 Å². The Labute approximate surface area is 155 Å². The van der Waals surface area contributed by atoms with Crippen molar-refractivity contribution < 1.29 is 4.79 Å². The molecule has 4 heteroatoms. The second-order valence-corrected chi connectivity index (χ2v) is 7.95. The van der Waals surface area contributed by atoms with Gasteiger partial charge in [-0.3, -0.25) is 4.79 Å². The lowest BCUT2D eigenvalue weighted by Crippen LogP contribution is -2.42. The van der Waals surface area contributed by atoms with E-state index in [0.717, 1.165) is 38.3 Å². The van der Waals surface area contributed by atoms with E-state index in [1.54, 1.807) is 6.20 Å². The Kier molecular flexibility index (Phi) is 4.66. The Hall–Kier alpha value is -2.36. The number of hydrogen-bond acceptors (Lipinski definition) is 3. The maximum absolute atomic E-state index is 12.8. The zero-order valence-electron chi connectivity index (χ0n) is 15.7. The number of fused-ring (bicyclic) bond motifs is 1. The fraction of sp³-hybridized carbons (Fsp3) is 0.455. The van der Waals surface area contributed by atoms with Gasteiger partial charge in [-0.1, -0.05) is 32.0 Å². The number of rotatable bonds is 2. The predicted octanol–water partition coefficient (Wildman–Crippen LogP) is 4.28. The molecule has 2 atom stereocenters. The number of aromatic nitrogens is 1. The number of carbonyl (C=O) groups excluding carboxylic acids is 1. The Morgan fingerprint density at radius 2 is 1.85 bits per heavy atom. The number of hydrogen-bond donors (Lipinski definition) is 0. The van der Waals surface area contributed by atoms with Crippen LogP contribution in [0.25, 0.3) is 0 Å². The van der Waals surface area contributed by atoms with Crippen LogP contribution in [0.5, 0.6) is 0 Å². The van der Waals surface area contributed by atoms with E-state index in [2.05, 4.69) is 48.0 Å². The number of likely N-dealkylation sites (tertiary alicyclic amines) is 1. The van der Waals surface area contributed by atoms with Gasteiger partial charge in [0.1, 0.15) is 5.82 Å². The molecule has 3 heterocycles. The van der Waals surface area contributed by atoms with E-state index in [0.29, 0.717) is 17.4 Å². The molecule has 136 valence electrons. The number of amides is 1. The van der Waals surface area contributed by atoms with Gasteiger partial charge in [0.25, 0.3) is 5.91 Å². The first-order chi connectivity index (χ1) is 12.6. The summed E-state index contributed by atoms with van der Waals surface area (Å²) >= 11 is 0. The van der Waals surface area contributed by atoms with E-state index in [1.165, 1.54) is 17.7 Å². The van der Waals surface area contributed by atoms with E-state index in [-0.39, 0.29) is 5.91 Å². The highest BCUT2D eigenvalue weighted by atomic mass is 16.2. The molecular formula is C22H27N3O. The van der Waals surface area contributed by atoms with Crippen LogP contribution in [0.15, 0.2) is 42.6 Å². The highest BCUT2D eigenvalue weighted by molar-refractivity contribution is 5.94. The number of aryl methyl sites for hydroxylation is 1. The third kappa shape index (κ3) is 3.33. The summed E-state index contributed by atoms with van der Waals surface area (Å²) < 4.78 is 0. The zero-order valence-corrected chi connectivity index (χ0v) is 15.7. The minimum atomic E-state index is 0.112. The molecule has 0 N–H and O–H groups in total. The fourth-order valence-electron chi connectivity index (χ4n) is 4.46. The summed E-state index contributed by atoms with van der Waals surface area (Å²) in [5, 5.41) is 0. The molecule has 2 aromatic rings. The molecule has 0 saturated carbocycles. The van der Waals surface area contributed by atoms with Crippen LogP contribution in [0.1, 0.15) is 42.6 Å². The van der Waals surface area contributed by atoms with Gasteiger partial charge in [-0.05, 0) is 54.9 Å². The maximum atomic E-state index is 12.8. The second kappa shape index (κ2) is 7.10. The summed E-state index contributed by atoms with van der Waals surface area (Å²) in [6.07, 6.45) is 5.20. The molecule has 1 saturated heterocycles. The van der Waals surface area contributed by atoms with E-state index < -0.39 is 0 Å². The normalized spacial score (nSPS) is 22.8. The van der Waals surface area contributed by atoms with Crippen molar-refractivity contribution >= 4 is 17.4 Å².